The summed E-state index contributed by atoms with van der Waals surface area (Å²) in [5, 5.41) is 6.46. The number of hydrogen-bond acceptors (Lipinski definition) is 6. The molecular formula is C27H26BrN3O5. The van der Waals surface area contributed by atoms with E-state index in [4.69, 9.17) is 9.47 Å². The number of amides is 2. The van der Waals surface area contributed by atoms with Crippen LogP contribution < -0.4 is 20.2 Å². The van der Waals surface area contributed by atoms with Crippen molar-refractivity contribution < 1.29 is 23.9 Å². The van der Waals surface area contributed by atoms with Gasteiger partial charge in [0.05, 0.1) is 24.9 Å². The molecule has 36 heavy (non-hydrogen) atoms. The van der Waals surface area contributed by atoms with Crippen molar-refractivity contribution in [1.82, 2.24) is 10.7 Å². The zero-order valence-electron chi connectivity index (χ0n) is 19.9. The summed E-state index contributed by atoms with van der Waals surface area (Å²) in [6.45, 7) is 4.23. The quantitative estimate of drug-likeness (QED) is 0.165. The van der Waals surface area contributed by atoms with Crippen molar-refractivity contribution in [3.8, 4) is 11.5 Å². The van der Waals surface area contributed by atoms with Crippen LogP contribution in [0.25, 0.3) is 0 Å². The number of carbonyl (C=O) groups is 3. The highest BCUT2D eigenvalue weighted by atomic mass is 79.9. The van der Waals surface area contributed by atoms with Gasteiger partial charge in [-0.15, -0.1) is 0 Å². The summed E-state index contributed by atoms with van der Waals surface area (Å²) < 4.78 is 11.8. The molecule has 9 heteroatoms. The van der Waals surface area contributed by atoms with Crippen LogP contribution in [0.5, 0.6) is 11.5 Å². The number of carbonyl (C=O) groups excluding carboxylic acids is 3. The van der Waals surface area contributed by atoms with Crippen LogP contribution in [0.3, 0.4) is 0 Å². The predicted octanol–water partition coefficient (Wildman–Crippen LogP) is 4.65. The predicted molar refractivity (Wildman–Crippen MR) is 141 cm³/mol. The lowest BCUT2D eigenvalue weighted by Crippen LogP contribution is -2.34. The van der Waals surface area contributed by atoms with Gasteiger partial charge in [-0.3, -0.25) is 9.59 Å². The number of aryl methyl sites for hydroxylation is 1. The van der Waals surface area contributed by atoms with Crippen LogP contribution in [-0.4, -0.2) is 37.1 Å². The summed E-state index contributed by atoms with van der Waals surface area (Å²) in [6, 6.07) is 18.8. The molecule has 0 unspecified atom stereocenters. The number of nitrogens with zero attached hydrogens (tertiary/aromatic N) is 1. The minimum atomic E-state index is -0.518. The summed E-state index contributed by atoms with van der Waals surface area (Å²) in [7, 11) is 0. The smallest absolute Gasteiger partial charge is 0.343 e. The van der Waals surface area contributed by atoms with E-state index in [2.05, 4.69) is 31.8 Å². The topological polar surface area (TPSA) is 106 Å². The number of halogens is 1. The van der Waals surface area contributed by atoms with Crippen LogP contribution in [0.15, 0.2) is 76.3 Å². The van der Waals surface area contributed by atoms with Crippen molar-refractivity contribution in [3.63, 3.8) is 0 Å². The molecule has 0 bridgehead atoms. The highest BCUT2D eigenvalue weighted by molar-refractivity contribution is 9.10. The first-order valence-corrected chi connectivity index (χ1v) is 12.1. The zero-order valence-corrected chi connectivity index (χ0v) is 21.5. The van der Waals surface area contributed by atoms with E-state index in [1.807, 2.05) is 19.9 Å². The van der Waals surface area contributed by atoms with E-state index >= 15 is 0 Å². The Morgan fingerprint density at radius 2 is 1.78 bits per heavy atom. The van der Waals surface area contributed by atoms with Crippen molar-refractivity contribution in [3.05, 3.63) is 93.5 Å². The Kier molecular flexibility index (Phi) is 9.76. The Bertz CT molecular complexity index is 1260. The fourth-order valence-corrected chi connectivity index (χ4v) is 3.42. The van der Waals surface area contributed by atoms with Gasteiger partial charge in [0.1, 0.15) is 11.5 Å². The SMILES string of the molecule is CCCOc1ccc(C(=O)NCC(=O)N/N=C\c2cc(Br)ccc2OC(=O)c2cccc(C)c2)cc1. The molecule has 2 amide bonds. The summed E-state index contributed by atoms with van der Waals surface area (Å²) in [6.07, 6.45) is 2.25. The molecule has 0 aliphatic rings. The molecule has 0 fully saturated rings. The molecule has 3 aromatic rings. The average Bonchev–Trinajstić information content (AvgIpc) is 2.87. The van der Waals surface area contributed by atoms with Crippen molar-refractivity contribution in [2.45, 2.75) is 20.3 Å². The van der Waals surface area contributed by atoms with Gasteiger partial charge in [0.15, 0.2) is 0 Å². The van der Waals surface area contributed by atoms with E-state index in [9.17, 15) is 14.4 Å². The maximum Gasteiger partial charge on any atom is 0.343 e. The van der Waals surface area contributed by atoms with Gasteiger partial charge >= 0.3 is 5.97 Å². The van der Waals surface area contributed by atoms with Gasteiger partial charge < -0.3 is 14.8 Å². The number of hydrogen-bond donors (Lipinski definition) is 2. The molecule has 0 atom stereocenters. The minimum absolute atomic E-state index is 0.266. The first-order valence-electron chi connectivity index (χ1n) is 11.3. The lowest BCUT2D eigenvalue weighted by atomic mass is 10.1. The zero-order chi connectivity index (χ0) is 25.9. The van der Waals surface area contributed by atoms with E-state index < -0.39 is 17.8 Å². The second-order valence-corrected chi connectivity index (χ2v) is 8.71. The van der Waals surface area contributed by atoms with Gasteiger partial charge in [0.2, 0.25) is 0 Å². The van der Waals surface area contributed by atoms with Gasteiger partial charge in [-0.1, -0.05) is 40.5 Å². The molecule has 0 saturated heterocycles. The third kappa shape index (κ3) is 8.06. The second kappa shape index (κ2) is 13.2. The molecule has 0 saturated carbocycles. The molecule has 0 aliphatic heterocycles. The number of hydrazone groups is 1. The highest BCUT2D eigenvalue weighted by Crippen LogP contribution is 2.23. The highest BCUT2D eigenvalue weighted by Gasteiger charge is 2.12. The van der Waals surface area contributed by atoms with E-state index in [0.717, 1.165) is 16.5 Å². The fraction of sp³-hybridized carbons (Fsp3) is 0.185. The van der Waals surface area contributed by atoms with E-state index in [0.29, 0.717) is 29.0 Å². The van der Waals surface area contributed by atoms with Crippen molar-refractivity contribution in [2.75, 3.05) is 13.2 Å². The van der Waals surface area contributed by atoms with Gasteiger partial charge in [0.25, 0.3) is 11.8 Å². The maximum absolute atomic E-state index is 12.5. The van der Waals surface area contributed by atoms with Gasteiger partial charge in [-0.05, 0) is 67.9 Å². The molecule has 8 nitrogen and oxygen atoms in total. The lowest BCUT2D eigenvalue weighted by Gasteiger charge is -2.09. The Hall–Kier alpha value is -3.98. The number of ether oxygens (including phenoxy) is 2. The summed E-state index contributed by atoms with van der Waals surface area (Å²) >= 11 is 3.37. The molecule has 0 heterocycles. The molecule has 2 N–H and O–H groups in total. The number of nitrogens with one attached hydrogen (secondary N) is 2. The molecule has 0 aliphatic carbocycles. The molecule has 3 aromatic carbocycles. The fourth-order valence-electron chi connectivity index (χ4n) is 3.04. The van der Waals surface area contributed by atoms with Crippen molar-refractivity contribution in [1.29, 1.82) is 0 Å². The van der Waals surface area contributed by atoms with Crippen LogP contribution in [0, 0.1) is 6.92 Å². The number of rotatable bonds is 10. The average molecular weight is 552 g/mol. The van der Waals surface area contributed by atoms with Crippen LogP contribution in [0.2, 0.25) is 0 Å². The second-order valence-electron chi connectivity index (χ2n) is 7.79. The summed E-state index contributed by atoms with van der Waals surface area (Å²) in [4.78, 5) is 36.9. The van der Waals surface area contributed by atoms with Crippen molar-refractivity contribution >= 4 is 39.9 Å². The molecule has 0 radical (unpaired) electrons. The van der Waals surface area contributed by atoms with Crippen molar-refractivity contribution in [2.24, 2.45) is 5.10 Å². The molecule has 3 rings (SSSR count). The van der Waals surface area contributed by atoms with E-state index in [1.54, 1.807) is 60.7 Å². The van der Waals surface area contributed by atoms with E-state index in [-0.39, 0.29) is 12.3 Å². The Morgan fingerprint density at radius 3 is 2.50 bits per heavy atom. The Balaban J connectivity index is 1.54. The summed E-state index contributed by atoms with van der Waals surface area (Å²) in [5.74, 6) is -0.462. The largest absolute Gasteiger partial charge is 0.494 e. The van der Waals surface area contributed by atoms with Gasteiger partial charge in [-0.2, -0.15) is 5.10 Å². The first-order chi connectivity index (χ1) is 17.4. The third-order valence-corrected chi connectivity index (χ3v) is 5.31. The van der Waals surface area contributed by atoms with Crippen LogP contribution in [-0.2, 0) is 4.79 Å². The third-order valence-electron chi connectivity index (χ3n) is 4.82. The number of benzene rings is 3. The van der Waals surface area contributed by atoms with Crippen LogP contribution in [0.1, 0.15) is 45.2 Å². The molecule has 0 aromatic heterocycles. The standard InChI is InChI=1S/C27H26BrN3O5/c1-3-13-35-23-10-7-19(8-11-23)26(33)29-17-25(32)31-30-16-21-15-22(28)9-12-24(21)36-27(34)20-6-4-5-18(2)14-20/h4-12,14-16H,3,13,17H2,1-2H3,(H,29,33)(H,31,32)/b30-16-. The monoisotopic (exact) mass is 551 g/mol. The van der Waals surface area contributed by atoms with Crippen LogP contribution >= 0.6 is 15.9 Å². The van der Waals surface area contributed by atoms with E-state index in [1.165, 1.54) is 6.21 Å². The Morgan fingerprint density at radius 1 is 1.00 bits per heavy atom. The van der Waals surface area contributed by atoms with Gasteiger partial charge in [0, 0.05) is 15.6 Å². The molecular weight excluding hydrogens is 526 g/mol. The lowest BCUT2D eigenvalue weighted by molar-refractivity contribution is -0.120. The summed E-state index contributed by atoms with van der Waals surface area (Å²) in [5.41, 5.74) is 4.59. The normalized spacial score (nSPS) is 10.6. The molecule has 0 spiro atoms. The van der Waals surface area contributed by atoms with Gasteiger partial charge in [-0.25, -0.2) is 10.2 Å². The Labute approximate surface area is 217 Å². The molecule has 186 valence electrons. The van der Waals surface area contributed by atoms with Crippen LogP contribution in [0.4, 0.5) is 0 Å². The maximum atomic E-state index is 12.5. The minimum Gasteiger partial charge on any atom is -0.494 e. The first kappa shape index (κ1) is 26.6. The number of esters is 1.